The molecular formula is C21H26N3O3+. The fourth-order valence-corrected chi connectivity index (χ4v) is 3.05. The summed E-state index contributed by atoms with van der Waals surface area (Å²) in [6.45, 7) is 5.46. The van der Waals surface area contributed by atoms with E-state index >= 15 is 0 Å². The first-order valence-electron chi connectivity index (χ1n) is 9.38. The molecule has 2 aromatic carbocycles. The maximum Gasteiger partial charge on any atom is 0.255 e. The zero-order valence-corrected chi connectivity index (χ0v) is 15.4. The van der Waals surface area contributed by atoms with Gasteiger partial charge in [-0.25, -0.2) is 0 Å². The second-order valence-corrected chi connectivity index (χ2v) is 6.62. The van der Waals surface area contributed by atoms with E-state index in [0.29, 0.717) is 23.4 Å². The van der Waals surface area contributed by atoms with Crippen LogP contribution in [0, 0.1) is 0 Å². The van der Waals surface area contributed by atoms with Crippen molar-refractivity contribution < 1.29 is 19.2 Å². The summed E-state index contributed by atoms with van der Waals surface area (Å²) in [4.78, 5) is 25.9. The number of ether oxygens (including phenoxy) is 1. The van der Waals surface area contributed by atoms with Gasteiger partial charge in [0.1, 0.15) is 13.1 Å². The summed E-state index contributed by atoms with van der Waals surface area (Å²) in [5, 5.41) is 5.78. The number of carbonyl (C=O) groups excluding carboxylic acids is 2. The van der Waals surface area contributed by atoms with Crippen molar-refractivity contribution in [1.29, 1.82) is 0 Å². The fourth-order valence-electron chi connectivity index (χ4n) is 3.05. The van der Waals surface area contributed by atoms with Crippen LogP contribution in [0.2, 0.25) is 0 Å². The maximum absolute atomic E-state index is 12.2. The quantitative estimate of drug-likeness (QED) is 0.638. The van der Waals surface area contributed by atoms with Gasteiger partial charge in [0, 0.05) is 29.8 Å². The Hall–Kier alpha value is -2.70. The van der Waals surface area contributed by atoms with Gasteiger partial charge < -0.3 is 20.3 Å². The predicted molar refractivity (Wildman–Crippen MR) is 104 cm³/mol. The van der Waals surface area contributed by atoms with Crippen molar-refractivity contribution in [2.75, 3.05) is 44.7 Å². The zero-order chi connectivity index (χ0) is 18.9. The van der Waals surface area contributed by atoms with E-state index in [4.69, 9.17) is 4.74 Å². The summed E-state index contributed by atoms with van der Waals surface area (Å²) in [6.07, 6.45) is 0.951. The second-order valence-electron chi connectivity index (χ2n) is 6.62. The maximum atomic E-state index is 12.2. The van der Waals surface area contributed by atoms with Crippen LogP contribution in [0.4, 0.5) is 5.69 Å². The van der Waals surface area contributed by atoms with Crippen molar-refractivity contribution in [2.45, 2.75) is 6.42 Å². The molecule has 0 saturated carbocycles. The lowest BCUT2D eigenvalue weighted by molar-refractivity contribution is -0.908. The van der Waals surface area contributed by atoms with Crippen LogP contribution in [0.3, 0.4) is 0 Å². The lowest BCUT2D eigenvalue weighted by atomic mass is 10.1. The molecule has 6 nitrogen and oxygen atoms in total. The third-order valence-electron chi connectivity index (χ3n) is 4.63. The van der Waals surface area contributed by atoms with Crippen molar-refractivity contribution in [3.8, 4) is 0 Å². The molecule has 0 aliphatic carbocycles. The molecule has 1 fully saturated rings. The van der Waals surface area contributed by atoms with Gasteiger partial charge in [0.2, 0.25) is 0 Å². The molecule has 0 aromatic heterocycles. The monoisotopic (exact) mass is 368 g/mol. The molecule has 0 unspecified atom stereocenters. The third kappa shape index (κ3) is 5.91. The molecule has 1 aliphatic rings. The molecule has 3 rings (SSSR count). The van der Waals surface area contributed by atoms with Gasteiger partial charge in [-0.05, 0) is 36.4 Å². The topological polar surface area (TPSA) is 71.9 Å². The van der Waals surface area contributed by atoms with E-state index < -0.39 is 0 Å². The summed E-state index contributed by atoms with van der Waals surface area (Å²) in [6, 6.07) is 16.0. The van der Waals surface area contributed by atoms with Crippen molar-refractivity contribution in [3.63, 3.8) is 0 Å². The Morgan fingerprint density at radius 1 is 0.889 bits per heavy atom. The van der Waals surface area contributed by atoms with Crippen LogP contribution in [0.5, 0.6) is 0 Å². The normalized spacial score (nSPS) is 14.5. The molecular weight excluding hydrogens is 342 g/mol. The minimum absolute atomic E-state index is 0.0899. The van der Waals surface area contributed by atoms with Gasteiger partial charge >= 0.3 is 0 Å². The van der Waals surface area contributed by atoms with E-state index in [1.807, 2.05) is 18.2 Å². The molecule has 2 aromatic rings. The number of quaternary nitrogens is 1. The van der Waals surface area contributed by atoms with Gasteiger partial charge in [-0.3, -0.25) is 9.59 Å². The Kier molecular flexibility index (Phi) is 6.96. The molecule has 1 aliphatic heterocycles. The average Bonchev–Trinajstić information content (AvgIpc) is 2.73. The first-order chi connectivity index (χ1) is 13.2. The third-order valence-corrected chi connectivity index (χ3v) is 4.63. The van der Waals surface area contributed by atoms with Gasteiger partial charge in [-0.2, -0.15) is 0 Å². The van der Waals surface area contributed by atoms with Gasteiger partial charge in [0.05, 0.1) is 19.8 Å². The molecule has 0 bridgehead atoms. The van der Waals surface area contributed by atoms with Crippen LogP contribution in [0.15, 0.2) is 54.6 Å². The first-order valence-corrected chi connectivity index (χ1v) is 9.38. The van der Waals surface area contributed by atoms with Crippen molar-refractivity contribution in [3.05, 3.63) is 65.7 Å². The first kappa shape index (κ1) is 19.1. The van der Waals surface area contributed by atoms with E-state index in [0.717, 1.165) is 39.3 Å². The molecule has 1 saturated heterocycles. The predicted octanol–water partition coefficient (Wildman–Crippen LogP) is 0.974. The summed E-state index contributed by atoms with van der Waals surface area (Å²) >= 11 is 0. The van der Waals surface area contributed by atoms with Crippen LogP contribution < -0.4 is 15.5 Å². The van der Waals surface area contributed by atoms with Crippen LogP contribution in [0.25, 0.3) is 0 Å². The summed E-state index contributed by atoms with van der Waals surface area (Å²) in [7, 11) is 0. The van der Waals surface area contributed by atoms with Crippen molar-refractivity contribution in [2.24, 2.45) is 0 Å². The van der Waals surface area contributed by atoms with Gasteiger partial charge in [0.15, 0.2) is 0 Å². The molecule has 0 radical (unpaired) electrons. The highest BCUT2D eigenvalue weighted by Crippen LogP contribution is 2.11. The molecule has 2 amide bonds. The van der Waals surface area contributed by atoms with Crippen molar-refractivity contribution >= 4 is 17.5 Å². The van der Waals surface area contributed by atoms with Gasteiger partial charge in [0.25, 0.3) is 11.8 Å². The Morgan fingerprint density at radius 2 is 1.56 bits per heavy atom. The highest BCUT2D eigenvalue weighted by Gasteiger charge is 2.13. The smallest absolute Gasteiger partial charge is 0.255 e. The minimum atomic E-state index is -0.168. The molecule has 0 atom stereocenters. The van der Waals surface area contributed by atoms with Crippen LogP contribution in [-0.2, 0) is 4.74 Å². The molecule has 0 spiro atoms. The Balaban J connectivity index is 1.42. The number of hydrogen-bond donors (Lipinski definition) is 3. The number of hydrogen-bond acceptors (Lipinski definition) is 3. The standard InChI is InChI=1S/C21H25N3O3/c25-20(22-11-4-12-24-13-15-27-16-14-24)18-7-9-19(10-8-18)23-21(26)17-5-2-1-3-6-17/h1-3,5-10H,4,11-16H2,(H,22,25)(H,23,26)/p+1. The van der Waals surface area contributed by atoms with Gasteiger partial charge in [-0.15, -0.1) is 0 Å². The lowest BCUT2D eigenvalue weighted by Gasteiger charge is -2.23. The minimum Gasteiger partial charge on any atom is -0.370 e. The highest BCUT2D eigenvalue weighted by atomic mass is 16.5. The number of amides is 2. The van der Waals surface area contributed by atoms with Crippen LogP contribution in [-0.4, -0.2) is 51.2 Å². The van der Waals surface area contributed by atoms with E-state index in [2.05, 4.69) is 10.6 Å². The van der Waals surface area contributed by atoms with Gasteiger partial charge in [-0.1, -0.05) is 18.2 Å². The van der Waals surface area contributed by atoms with E-state index in [1.165, 1.54) is 4.90 Å². The SMILES string of the molecule is O=C(NCCC[NH+]1CCOCC1)c1ccc(NC(=O)c2ccccc2)cc1. The average molecular weight is 368 g/mol. The number of carbonyl (C=O) groups is 2. The second kappa shape index (κ2) is 9.85. The summed E-state index contributed by atoms with van der Waals surface area (Å²) < 4.78 is 5.34. The van der Waals surface area contributed by atoms with E-state index in [1.54, 1.807) is 36.4 Å². The highest BCUT2D eigenvalue weighted by molar-refractivity contribution is 6.04. The molecule has 1 heterocycles. The summed E-state index contributed by atoms with van der Waals surface area (Å²) in [5.74, 6) is -0.258. The molecule has 6 heteroatoms. The zero-order valence-electron chi connectivity index (χ0n) is 15.4. The van der Waals surface area contributed by atoms with E-state index in [9.17, 15) is 9.59 Å². The molecule has 3 N–H and O–H groups in total. The van der Waals surface area contributed by atoms with E-state index in [-0.39, 0.29) is 11.8 Å². The van der Waals surface area contributed by atoms with Crippen LogP contribution in [0.1, 0.15) is 27.1 Å². The Bertz CT molecular complexity index is 741. The van der Waals surface area contributed by atoms with Crippen LogP contribution >= 0.6 is 0 Å². The Labute approximate surface area is 159 Å². The van der Waals surface area contributed by atoms with Crippen molar-refractivity contribution in [1.82, 2.24) is 5.32 Å². The lowest BCUT2D eigenvalue weighted by Crippen LogP contribution is -3.14. The number of anilines is 1. The summed E-state index contributed by atoms with van der Waals surface area (Å²) in [5.41, 5.74) is 1.85. The number of rotatable bonds is 7. The number of benzene rings is 2. The largest absolute Gasteiger partial charge is 0.370 e. The number of nitrogens with one attached hydrogen (secondary N) is 3. The fraction of sp³-hybridized carbons (Fsp3) is 0.333. The molecule has 142 valence electrons. The number of morpholine rings is 1. The Morgan fingerprint density at radius 3 is 2.26 bits per heavy atom. The molecule has 27 heavy (non-hydrogen) atoms.